The average molecular weight is 522 g/mol. The van der Waals surface area contributed by atoms with Crippen LogP contribution in [-0.4, -0.2) is 57.8 Å². The summed E-state index contributed by atoms with van der Waals surface area (Å²) >= 11 is 0. The van der Waals surface area contributed by atoms with Gasteiger partial charge in [-0.05, 0) is 24.1 Å². The molecule has 0 saturated carbocycles. The van der Waals surface area contributed by atoms with Crippen LogP contribution in [0.1, 0.15) is 25.2 Å². The summed E-state index contributed by atoms with van der Waals surface area (Å²) in [4.78, 5) is 22.7. The van der Waals surface area contributed by atoms with Crippen molar-refractivity contribution in [2.45, 2.75) is 32.4 Å². The molecule has 1 saturated heterocycles. The summed E-state index contributed by atoms with van der Waals surface area (Å²) < 4.78 is 36.0. The van der Waals surface area contributed by atoms with Crippen molar-refractivity contribution >= 4 is 17.1 Å². The van der Waals surface area contributed by atoms with Crippen molar-refractivity contribution in [2.75, 3.05) is 25.1 Å². The minimum absolute atomic E-state index is 0.0902. The third kappa shape index (κ3) is 4.89. The van der Waals surface area contributed by atoms with Gasteiger partial charge >= 0.3 is 0 Å². The van der Waals surface area contributed by atoms with Gasteiger partial charge in [0.25, 0.3) is 0 Å². The van der Waals surface area contributed by atoms with Crippen molar-refractivity contribution in [1.82, 2.24) is 24.9 Å². The first-order chi connectivity index (χ1) is 18.2. The molecule has 5 rings (SSSR count). The molecule has 1 amide bonds. The second-order valence-corrected chi connectivity index (χ2v) is 9.65. The largest absolute Gasteiger partial charge is 0.497 e. The van der Waals surface area contributed by atoms with Crippen molar-refractivity contribution in [3.8, 4) is 17.0 Å². The molecule has 38 heavy (non-hydrogen) atoms. The van der Waals surface area contributed by atoms with Gasteiger partial charge in [0.15, 0.2) is 0 Å². The number of hydrogen-bond acceptors (Lipinski definition) is 7. The highest BCUT2D eigenvalue weighted by molar-refractivity contribution is 5.73. The Morgan fingerprint density at radius 2 is 1.95 bits per heavy atom. The van der Waals surface area contributed by atoms with Crippen molar-refractivity contribution in [3.63, 3.8) is 0 Å². The van der Waals surface area contributed by atoms with Gasteiger partial charge in [0.1, 0.15) is 23.2 Å². The molecule has 3 atom stereocenters. The van der Waals surface area contributed by atoms with E-state index in [2.05, 4.69) is 32.2 Å². The van der Waals surface area contributed by atoms with Gasteiger partial charge in [-0.15, -0.1) is 0 Å². The number of fused-ring (bicyclic) bond motifs is 1. The van der Waals surface area contributed by atoms with Gasteiger partial charge in [-0.3, -0.25) is 9.78 Å². The predicted octanol–water partition coefficient (Wildman–Crippen LogP) is 2.96. The number of nitrogens with zero attached hydrogens (tertiary/aromatic N) is 5. The molecule has 1 aromatic carbocycles. The Kier molecular flexibility index (Phi) is 6.94. The number of hydrogen-bond donors (Lipinski definition) is 2. The molecule has 3 aromatic heterocycles. The smallest absolute Gasteiger partial charge is 0.217 e. The summed E-state index contributed by atoms with van der Waals surface area (Å²) in [6, 6.07) is 7.13. The Morgan fingerprint density at radius 1 is 1.18 bits per heavy atom. The third-order valence-electron chi connectivity index (χ3n) is 6.91. The van der Waals surface area contributed by atoms with E-state index in [1.54, 1.807) is 35.2 Å². The van der Waals surface area contributed by atoms with E-state index < -0.39 is 11.6 Å². The number of nitrogens with two attached hydrogens (primary N) is 1. The molecule has 4 aromatic rings. The molecule has 3 N–H and O–H groups in total. The van der Waals surface area contributed by atoms with Crippen LogP contribution in [-0.2, 0) is 11.2 Å². The number of imidazole rings is 1. The zero-order valence-electron chi connectivity index (χ0n) is 21.4. The Hall–Kier alpha value is -4.12. The predicted molar refractivity (Wildman–Crippen MR) is 139 cm³/mol. The number of aromatic nitrogens is 4. The Labute approximate surface area is 218 Å². The fourth-order valence-electron chi connectivity index (χ4n) is 5.14. The van der Waals surface area contributed by atoms with E-state index in [4.69, 9.17) is 10.5 Å². The summed E-state index contributed by atoms with van der Waals surface area (Å²) in [6.07, 6.45) is 5.56. The molecule has 1 aliphatic heterocycles. The molecule has 1 fully saturated rings. The Balaban J connectivity index is 1.46. The number of ether oxygens (including phenoxy) is 1. The lowest BCUT2D eigenvalue weighted by atomic mass is 9.89. The monoisotopic (exact) mass is 521 g/mol. The van der Waals surface area contributed by atoms with Crippen molar-refractivity contribution in [3.05, 3.63) is 71.9 Å². The Bertz CT molecular complexity index is 1460. The number of amides is 1. The van der Waals surface area contributed by atoms with Crippen LogP contribution in [0, 0.1) is 17.6 Å². The van der Waals surface area contributed by atoms with Crippen LogP contribution in [0.25, 0.3) is 16.8 Å². The number of nitrogens with one attached hydrogen (secondary N) is 1. The lowest BCUT2D eigenvalue weighted by Gasteiger charge is -2.43. The summed E-state index contributed by atoms with van der Waals surface area (Å²) in [6.45, 7) is 4.83. The molecular weight excluding hydrogens is 492 g/mol. The second-order valence-electron chi connectivity index (χ2n) is 9.65. The molecule has 0 bridgehead atoms. The third-order valence-corrected chi connectivity index (χ3v) is 6.91. The average Bonchev–Trinajstić information content (AvgIpc) is 3.27. The zero-order valence-corrected chi connectivity index (χ0v) is 21.4. The van der Waals surface area contributed by atoms with Crippen LogP contribution >= 0.6 is 0 Å². The molecule has 0 spiro atoms. The number of benzene rings is 1. The number of carbonyl (C=O) groups excluding carboxylic acids is 1. The van der Waals surface area contributed by atoms with Gasteiger partial charge in [0.05, 0.1) is 30.1 Å². The first kappa shape index (κ1) is 25.5. The van der Waals surface area contributed by atoms with Crippen LogP contribution in [0.3, 0.4) is 0 Å². The minimum Gasteiger partial charge on any atom is -0.497 e. The van der Waals surface area contributed by atoms with Crippen molar-refractivity contribution in [1.29, 1.82) is 0 Å². The number of carbonyl (C=O) groups is 1. The van der Waals surface area contributed by atoms with Gasteiger partial charge in [0.2, 0.25) is 5.91 Å². The number of halogens is 2. The lowest BCUT2D eigenvalue weighted by molar-refractivity contribution is -0.120. The zero-order chi connectivity index (χ0) is 27.0. The highest BCUT2D eigenvalue weighted by Crippen LogP contribution is 2.30. The van der Waals surface area contributed by atoms with Crippen LogP contribution in [0.2, 0.25) is 0 Å². The number of piperidine rings is 1. The summed E-state index contributed by atoms with van der Waals surface area (Å²) in [7, 11) is 1.35. The van der Waals surface area contributed by atoms with E-state index in [1.807, 2.05) is 6.07 Å². The van der Waals surface area contributed by atoms with E-state index in [9.17, 15) is 13.6 Å². The normalized spacial score (nSPS) is 19.5. The maximum atomic E-state index is 14.7. The fraction of sp³-hybridized carbons (Fsp3) is 0.333. The van der Waals surface area contributed by atoms with E-state index in [-0.39, 0.29) is 40.9 Å². The van der Waals surface area contributed by atoms with Crippen LogP contribution < -0.4 is 20.7 Å². The Morgan fingerprint density at radius 3 is 2.63 bits per heavy atom. The van der Waals surface area contributed by atoms with Gasteiger partial charge in [-0.1, -0.05) is 6.92 Å². The fourth-order valence-corrected chi connectivity index (χ4v) is 5.14. The van der Waals surface area contributed by atoms with Crippen molar-refractivity contribution < 1.29 is 18.3 Å². The lowest BCUT2D eigenvalue weighted by Crippen LogP contribution is -2.61. The van der Waals surface area contributed by atoms with Gasteiger partial charge in [-0.2, -0.15) is 5.10 Å². The van der Waals surface area contributed by atoms with E-state index in [1.165, 1.54) is 14.0 Å². The molecule has 9 nitrogen and oxygen atoms in total. The van der Waals surface area contributed by atoms with E-state index >= 15 is 0 Å². The van der Waals surface area contributed by atoms with Gasteiger partial charge < -0.3 is 20.7 Å². The van der Waals surface area contributed by atoms with Gasteiger partial charge in [0, 0.05) is 74.3 Å². The molecule has 11 heteroatoms. The van der Waals surface area contributed by atoms with Crippen LogP contribution in [0.5, 0.6) is 5.75 Å². The highest BCUT2D eigenvalue weighted by atomic mass is 19.1. The number of pyridine rings is 1. The summed E-state index contributed by atoms with van der Waals surface area (Å²) in [5, 5.41) is 7.49. The summed E-state index contributed by atoms with van der Waals surface area (Å²) in [5.41, 5.74) is 8.92. The maximum Gasteiger partial charge on any atom is 0.217 e. The topological polar surface area (TPSA) is 111 Å². The number of anilines is 1. The molecule has 1 aliphatic rings. The van der Waals surface area contributed by atoms with E-state index in [0.29, 0.717) is 30.9 Å². The number of rotatable bonds is 6. The van der Waals surface area contributed by atoms with Crippen LogP contribution in [0.15, 0.2) is 48.9 Å². The molecule has 0 unspecified atom stereocenters. The highest BCUT2D eigenvalue weighted by Gasteiger charge is 2.33. The summed E-state index contributed by atoms with van der Waals surface area (Å²) in [5.74, 6) is -0.809. The minimum atomic E-state index is -0.766. The molecule has 4 heterocycles. The SMILES string of the molecule is COc1cc(F)c(-c2ccc3cnc(Cc4cnccc4N4C[C@@H](N)[C@@H](NC(C)=O)[C@@H](C)C4)n3n2)c(F)c1. The first-order valence-corrected chi connectivity index (χ1v) is 12.3. The molecular formula is C27H29F2N7O2. The van der Waals surface area contributed by atoms with Crippen molar-refractivity contribution in [2.24, 2.45) is 11.7 Å². The van der Waals surface area contributed by atoms with Gasteiger partial charge in [-0.25, -0.2) is 18.3 Å². The molecule has 0 aliphatic carbocycles. The molecule has 198 valence electrons. The number of methoxy groups -OCH3 is 1. The standard InChI is InChI=1S/C27H29F2N7O2/c1-15-13-35(14-22(30)27(15)33-16(2)37)24-6-7-31-11-17(24)8-25-32-12-18-4-5-23(34-36(18)25)26-20(28)9-19(38-3)10-21(26)29/h4-7,9-12,15,22,27H,8,13-14,30H2,1-3H3,(H,33,37)/t15-,22+,27-/m0/s1. The van der Waals surface area contributed by atoms with E-state index in [0.717, 1.165) is 23.4 Å². The quantitative estimate of drug-likeness (QED) is 0.401. The second kappa shape index (κ2) is 10.3. The molecule has 0 radical (unpaired) electrons. The van der Waals surface area contributed by atoms with Crippen LogP contribution in [0.4, 0.5) is 14.5 Å². The maximum absolute atomic E-state index is 14.7. The first-order valence-electron chi connectivity index (χ1n) is 12.3.